The molecule has 1 N–H and O–H groups in total. The van der Waals surface area contributed by atoms with Gasteiger partial charge in [0.25, 0.3) is 0 Å². The molecule has 0 spiro atoms. The molecule has 3 heteroatoms. The van der Waals surface area contributed by atoms with E-state index >= 15 is 0 Å². The van der Waals surface area contributed by atoms with Gasteiger partial charge in [-0.2, -0.15) is 0 Å². The second-order valence-corrected chi connectivity index (χ2v) is 8.09. The predicted molar refractivity (Wildman–Crippen MR) is 81.7 cm³/mol. The number of hydrogen-bond donors (Lipinski definition) is 1. The van der Waals surface area contributed by atoms with Crippen molar-refractivity contribution in [1.29, 1.82) is 0 Å². The van der Waals surface area contributed by atoms with Gasteiger partial charge in [-0.05, 0) is 55.4 Å². The van der Waals surface area contributed by atoms with Crippen molar-refractivity contribution in [3.63, 3.8) is 0 Å². The van der Waals surface area contributed by atoms with Crippen molar-refractivity contribution in [3.05, 3.63) is 0 Å². The number of carboxylic acid groups (broad SMARTS) is 1. The molecule has 0 amide bonds. The molecule has 0 aromatic rings. The Morgan fingerprint density at radius 2 is 2.10 bits per heavy atom. The first-order valence-electron chi connectivity index (χ1n) is 8.24. The van der Waals surface area contributed by atoms with Crippen LogP contribution in [-0.2, 0) is 4.79 Å². The third-order valence-electron chi connectivity index (χ3n) is 5.55. The largest absolute Gasteiger partial charge is 0.481 e. The van der Waals surface area contributed by atoms with Crippen LogP contribution in [0.4, 0.5) is 0 Å². The van der Waals surface area contributed by atoms with Gasteiger partial charge < -0.3 is 5.11 Å². The summed E-state index contributed by atoms with van der Waals surface area (Å²) >= 11 is 0. The van der Waals surface area contributed by atoms with Gasteiger partial charge in [0.2, 0.25) is 0 Å². The topological polar surface area (TPSA) is 40.5 Å². The molecular formula is C17H31NO2. The molecule has 2 rings (SSSR count). The Bertz CT molecular complexity index is 353. The molecule has 1 heterocycles. The molecule has 20 heavy (non-hydrogen) atoms. The van der Waals surface area contributed by atoms with E-state index in [4.69, 9.17) is 5.11 Å². The van der Waals surface area contributed by atoms with Gasteiger partial charge in [-0.25, -0.2) is 0 Å². The van der Waals surface area contributed by atoms with Crippen molar-refractivity contribution in [1.82, 2.24) is 4.90 Å². The normalized spacial score (nSPS) is 35.9. The zero-order valence-electron chi connectivity index (χ0n) is 13.6. The van der Waals surface area contributed by atoms with Gasteiger partial charge in [0, 0.05) is 19.0 Å². The lowest BCUT2D eigenvalue weighted by molar-refractivity contribution is -0.138. The Morgan fingerprint density at radius 3 is 2.65 bits per heavy atom. The second kappa shape index (κ2) is 6.05. The van der Waals surface area contributed by atoms with Crippen LogP contribution in [0, 0.1) is 23.2 Å². The number of hydrogen-bond acceptors (Lipinski definition) is 2. The van der Waals surface area contributed by atoms with Crippen LogP contribution in [0.15, 0.2) is 0 Å². The molecule has 0 aromatic carbocycles. The van der Waals surface area contributed by atoms with Crippen molar-refractivity contribution >= 4 is 5.97 Å². The number of rotatable bonds is 4. The number of aliphatic carboxylic acids is 1. The van der Waals surface area contributed by atoms with Gasteiger partial charge in [0.05, 0.1) is 0 Å². The molecule has 4 atom stereocenters. The summed E-state index contributed by atoms with van der Waals surface area (Å²) < 4.78 is 0. The molecule has 1 aliphatic carbocycles. The third-order valence-corrected chi connectivity index (χ3v) is 5.55. The van der Waals surface area contributed by atoms with Crippen molar-refractivity contribution in [2.75, 3.05) is 13.1 Å². The summed E-state index contributed by atoms with van der Waals surface area (Å²) in [7, 11) is 0. The lowest BCUT2D eigenvalue weighted by Crippen LogP contribution is -2.45. The first-order chi connectivity index (χ1) is 9.28. The maximum absolute atomic E-state index is 10.9. The molecule has 0 bridgehead atoms. The van der Waals surface area contributed by atoms with Crippen LogP contribution >= 0.6 is 0 Å². The minimum atomic E-state index is -0.648. The maximum atomic E-state index is 10.9. The molecule has 2 fully saturated rings. The van der Waals surface area contributed by atoms with E-state index in [1.807, 2.05) is 0 Å². The first kappa shape index (κ1) is 15.8. The van der Waals surface area contributed by atoms with E-state index < -0.39 is 5.97 Å². The fourth-order valence-corrected chi connectivity index (χ4v) is 4.60. The fourth-order valence-electron chi connectivity index (χ4n) is 4.60. The standard InChI is InChI=1S/C17H31NO2/c1-12(8-16(19)20)14-6-5-7-18(11-14)15-10-17(3,4)9-13(15)2/h12-15H,5-11H2,1-4H3,(H,19,20). The quantitative estimate of drug-likeness (QED) is 0.855. The highest BCUT2D eigenvalue weighted by Crippen LogP contribution is 2.44. The van der Waals surface area contributed by atoms with Crippen LogP contribution in [0.1, 0.15) is 59.8 Å². The van der Waals surface area contributed by atoms with E-state index in [9.17, 15) is 4.79 Å². The van der Waals surface area contributed by atoms with E-state index in [2.05, 4.69) is 32.6 Å². The zero-order chi connectivity index (χ0) is 14.9. The van der Waals surface area contributed by atoms with E-state index in [-0.39, 0.29) is 0 Å². The smallest absolute Gasteiger partial charge is 0.303 e. The Kier molecular flexibility index (Phi) is 4.78. The molecule has 4 unspecified atom stereocenters. The van der Waals surface area contributed by atoms with Crippen LogP contribution in [0.25, 0.3) is 0 Å². The third kappa shape index (κ3) is 3.75. The molecule has 2 aliphatic rings. The molecule has 3 nitrogen and oxygen atoms in total. The Balaban J connectivity index is 1.95. The summed E-state index contributed by atoms with van der Waals surface area (Å²) in [6.07, 6.45) is 5.38. The summed E-state index contributed by atoms with van der Waals surface area (Å²) in [5, 5.41) is 8.99. The van der Waals surface area contributed by atoms with Crippen LogP contribution in [0.2, 0.25) is 0 Å². The number of nitrogens with zero attached hydrogens (tertiary/aromatic N) is 1. The van der Waals surface area contributed by atoms with Gasteiger partial charge in [-0.15, -0.1) is 0 Å². The monoisotopic (exact) mass is 281 g/mol. The van der Waals surface area contributed by atoms with Crippen molar-refractivity contribution in [2.45, 2.75) is 65.8 Å². The van der Waals surface area contributed by atoms with E-state index in [0.29, 0.717) is 29.7 Å². The molecule has 1 saturated carbocycles. The SMILES string of the molecule is CC(CC(=O)O)C1CCCN(C2CC(C)(C)CC2C)C1. The predicted octanol–water partition coefficient (Wildman–Crippen LogP) is 3.63. The van der Waals surface area contributed by atoms with Gasteiger partial charge in [0.15, 0.2) is 0 Å². The molecule has 116 valence electrons. The van der Waals surface area contributed by atoms with Crippen LogP contribution in [0.5, 0.6) is 0 Å². The maximum Gasteiger partial charge on any atom is 0.303 e. The first-order valence-corrected chi connectivity index (χ1v) is 8.24. The van der Waals surface area contributed by atoms with Gasteiger partial charge >= 0.3 is 5.97 Å². The summed E-state index contributed by atoms with van der Waals surface area (Å²) in [5.41, 5.74) is 0.476. The van der Waals surface area contributed by atoms with E-state index in [1.165, 1.54) is 32.2 Å². The van der Waals surface area contributed by atoms with Crippen molar-refractivity contribution < 1.29 is 9.90 Å². The molecule has 0 aromatic heterocycles. The Hall–Kier alpha value is -0.570. The highest BCUT2D eigenvalue weighted by atomic mass is 16.4. The molecule has 1 aliphatic heterocycles. The summed E-state index contributed by atoms with van der Waals surface area (Å²) in [5.74, 6) is 0.999. The van der Waals surface area contributed by atoms with Gasteiger partial charge in [-0.1, -0.05) is 27.7 Å². The molecule has 1 saturated heterocycles. The van der Waals surface area contributed by atoms with Crippen molar-refractivity contribution in [3.8, 4) is 0 Å². The van der Waals surface area contributed by atoms with Gasteiger partial charge in [-0.3, -0.25) is 9.69 Å². The van der Waals surface area contributed by atoms with E-state index in [0.717, 1.165) is 12.5 Å². The average molecular weight is 281 g/mol. The number of carboxylic acids is 1. The minimum absolute atomic E-state index is 0.306. The van der Waals surface area contributed by atoms with Gasteiger partial charge in [0.1, 0.15) is 0 Å². The number of carbonyl (C=O) groups is 1. The summed E-state index contributed by atoms with van der Waals surface area (Å²) in [6, 6.07) is 0.713. The highest BCUT2D eigenvalue weighted by molar-refractivity contribution is 5.67. The number of piperidine rings is 1. The Morgan fingerprint density at radius 1 is 1.40 bits per heavy atom. The van der Waals surface area contributed by atoms with E-state index in [1.54, 1.807) is 0 Å². The van der Waals surface area contributed by atoms with Crippen LogP contribution in [0.3, 0.4) is 0 Å². The number of likely N-dealkylation sites (tertiary alicyclic amines) is 1. The minimum Gasteiger partial charge on any atom is -0.481 e. The summed E-state index contributed by atoms with van der Waals surface area (Å²) in [4.78, 5) is 13.6. The highest BCUT2D eigenvalue weighted by Gasteiger charge is 2.41. The average Bonchev–Trinajstić information content (AvgIpc) is 2.62. The van der Waals surface area contributed by atoms with Crippen molar-refractivity contribution in [2.24, 2.45) is 23.2 Å². The lowest BCUT2D eigenvalue weighted by Gasteiger charge is -2.40. The van der Waals surface area contributed by atoms with Crippen LogP contribution in [-0.4, -0.2) is 35.1 Å². The lowest BCUT2D eigenvalue weighted by atomic mass is 9.83. The Labute approximate surface area is 123 Å². The zero-order valence-corrected chi connectivity index (χ0v) is 13.6. The molecule has 0 radical (unpaired) electrons. The van der Waals surface area contributed by atoms with Crippen LogP contribution < -0.4 is 0 Å². The molecular weight excluding hydrogens is 250 g/mol. The second-order valence-electron chi connectivity index (χ2n) is 8.09. The summed E-state index contributed by atoms with van der Waals surface area (Å²) in [6.45, 7) is 11.6. The fraction of sp³-hybridized carbons (Fsp3) is 0.941.